The van der Waals surface area contributed by atoms with Crippen LogP contribution >= 0.6 is 11.8 Å². The highest BCUT2D eigenvalue weighted by molar-refractivity contribution is 8.13. The molecule has 0 spiro atoms. The van der Waals surface area contributed by atoms with E-state index in [0.717, 1.165) is 28.4 Å². The van der Waals surface area contributed by atoms with E-state index in [1.165, 1.54) is 6.92 Å². The molecule has 1 aromatic carbocycles. The second-order valence-corrected chi connectivity index (χ2v) is 5.72. The van der Waals surface area contributed by atoms with Gasteiger partial charge in [0.1, 0.15) is 6.10 Å². The van der Waals surface area contributed by atoms with Crippen molar-refractivity contribution in [3.63, 3.8) is 0 Å². The molecular formula is C14H17NO3S. The van der Waals surface area contributed by atoms with Crippen LogP contribution in [0.15, 0.2) is 24.3 Å². The largest absolute Gasteiger partial charge is 0.389 e. The lowest BCUT2D eigenvalue weighted by molar-refractivity contribution is -0.109. The fourth-order valence-corrected chi connectivity index (χ4v) is 2.75. The van der Waals surface area contributed by atoms with Gasteiger partial charge in [0.15, 0.2) is 5.12 Å². The van der Waals surface area contributed by atoms with Crippen LogP contribution in [-0.2, 0) is 4.79 Å². The minimum absolute atomic E-state index is 0.0677. The maximum Gasteiger partial charge on any atom is 0.185 e. The predicted octanol–water partition coefficient (Wildman–Crippen LogP) is 2.15. The molecule has 0 fully saturated rings. The number of carbonyl (C=O) groups is 1. The zero-order valence-electron chi connectivity index (χ0n) is 10.9. The SMILES string of the molecule is CC(=O)SCC(O)C(O)c1c(C)[nH]c2ccccc12. The number of benzene rings is 1. The number of rotatable bonds is 4. The predicted molar refractivity (Wildman–Crippen MR) is 77.1 cm³/mol. The number of aliphatic hydroxyl groups is 2. The van der Waals surface area contributed by atoms with Crippen LogP contribution in [0.2, 0.25) is 0 Å². The van der Waals surface area contributed by atoms with Gasteiger partial charge >= 0.3 is 0 Å². The van der Waals surface area contributed by atoms with Gasteiger partial charge < -0.3 is 15.2 Å². The summed E-state index contributed by atoms with van der Waals surface area (Å²) in [7, 11) is 0. The van der Waals surface area contributed by atoms with Crippen molar-refractivity contribution < 1.29 is 15.0 Å². The van der Waals surface area contributed by atoms with Crippen LogP contribution in [0.1, 0.15) is 24.3 Å². The number of aliphatic hydroxyl groups excluding tert-OH is 2. The smallest absolute Gasteiger partial charge is 0.185 e. The maximum absolute atomic E-state index is 10.9. The van der Waals surface area contributed by atoms with E-state index in [-0.39, 0.29) is 10.9 Å². The Balaban J connectivity index is 2.27. The van der Waals surface area contributed by atoms with Gasteiger partial charge in [-0.3, -0.25) is 4.79 Å². The first-order chi connectivity index (χ1) is 9.00. The lowest BCUT2D eigenvalue weighted by atomic mass is 10.0. The third-order valence-corrected chi connectivity index (χ3v) is 3.98. The Kier molecular flexibility index (Phi) is 4.29. The van der Waals surface area contributed by atoms with Gasteiger partial charge in [-0.15, -0.1) is 0 Å². The molecule has 4 nitrogen and oxygen atoms in total. The number of aromatic nitrogens is 1. The van der Waals surface area contributed by atoms with Crippen molar-refractivity contribution in [1.29, 1.82) is 0 Å². The Labute approximate surface area is 115 Å². The molecule has 0 aliphatic carbocycles. The number of thioether (sulfide) groups is 1. The number of carbonyl (C=O) groups excluding carboxylic acids is 1. The van der Waals surface area contributed by atoms with E-state index in [4.69, 9.17) is 0 Å². The highest BCUT2D eigenvalue weighted by Crippen LogP contribution is 2.30. The molecule has 2 rings (SSSR count). The summed E-state index contributed by atoms with van der Waals surface area (Å²) in [5.41, 5.74) is 2.47. The summed E-state index contributed by atoms with van der Waals surface area (Å²) in [4.78, 5) is 14.1. The third-order valence-electron chi connectivity index (χ3n) is 3.06. The Morgan fingerprint density at radius 3 is 2.74 bits per heavy atom. The van der Waals surface area contributed by atoms with Gasteiger partial charge in [-0.05, 0) is 13.0 Å². The van der Waals surface area contributed by atoms with E-state index in [1.807, 2.05) is 31.2 Å². The Hall–Kier alpha value is -1.30. The Morgan fingerprint density at radius 1 is 1.37 bits per heavy atom. The van der Waals surface area contributed by atoms with E-state index >= 15 is 0 Å². The van der Waals surface area contributed by atoms with Gasteiger partial charge in [-0.2, -0.15) is 0 Å². The molecule has 5 heteroatoms. The molecule has 0 bridgehead atoms. The molecule has 0 amide bonds. The number of para-hydroxylation sites is 1. The number of hydrogen-bond acceptors (Lipinski definition) is 4. The van der Waals surface area contributed by atoms with E-state index in [1.54, 1.807) is 0 Å². The number of hydrogen-bond donors (Lipinski definition) is 3. The van der Waals surface area contributed by atoms with Crippen LogP contribution < -0.4 is 0 Å². The van der Waals surface area contributed by atoms with Crippen molar-refractivity contribution in [3.05, 3.63) is 35.5 Å². The van der Waals surface area contributed by atoms with Crippen LogP contribution in [0.4, 0.5) is 0 Å². The van der Waals surface area contributed by atoms with Crippen molar-refractivity contribution in [1.82, 2.24) is 4.98 Å². The lowest BCUT2D eigenvalue weighted by Gasteiger charge is -2.17. The minimum Gasteiger partial charge on any atom is -0.389 e. The fraction of sp³-hybridized carbons (Fsp3) is 0.357. The average molecular weight is 279 g/mol. The third kappa shape index (κ3) is 3.00. The second-order valence-electron chi connectivity index (χ2n) is 4.52. The molecule has 19 heavy (non-hydrogen) atoms. The van der Waals surface area contributed by atoms with Gasteiger partial charge in [0.2, 0.25) is 0 Å². The fourth-order valence-electron chi connectivity index (χ4n) is 2.17. The van der Waals surface area contributed by atoms with E-state index in [0.29, 0.717) is 5.56 Å². The topological polar surface area (TPSA) is 73.3 Å². The summed E-state index contributed by atoms with van der Waals surface area (Å²) in [5.74, 6) is 0.190. The first kappa shape index (κ1) is 14.1. The van der Waals surface area contributed by atoms with Crippen LogP contribution in [0.5, 0.6) is 0 Å². The van der Waals surface area contributed by atoms with Gasteiger partial charge in [0.05, 0.1) is 6.10 Å². The van der Waals surface area contributed by atoms with Gasteiger partial charge in [0.25, 0.3) is 0 Å². The van der Waals surface area contributed by atoms with Gasteiger partial charge in [-0.25, -0.2) is 0 Å². The average Bonchev–Trinajstić information content (AvgIpc) is 2.70. The maximum atomic E-state index is 10.9. The standard InChI is InChI=1S/C14H17NO3S/c1-8-13(10-5-3-4-6-11(10)15-8)14(18)12(17)7-19-9(2)16/h3-6,12,14-15,17-18H,7H2,1-2H3. The number of aromatic amines is 1. The van der Waals surface area contributed by atoms with Gasteiger partial charge in [-0.1, -0.05) is 30.0 Å². The first-order valence-electron chi connectivity index (χ1n) is 6.07. The second kappa shape index (κ2) is 5.77. The van der Waals surface area contributed by atoms with Crippen molar-refractivity contribution in [2.24, 2.45) is 0 Å². The minimum atomic E-state index is -0.997. The molecule has 102 valence electrons. The number of H-pyrrole nitrogens is 1. The lowest BCUT2D eigenvalue weighted by Crippen LogP contribution is -2.21. The van der Waals surface area contributed by atoms with Crippen molar-refractivity contribution in [2.75, 3.05) is 5.75 Å². The summed E-state index contributed by atoms with van der Waals surface area (Å²) in [5, 5.41) is 21.1. The van der Waals surface area contributed by atoms with Gasteiger partial charge in [0, 0.05) is 34.8 Å². The van der Waals surface area contributed by atoms with E-state index in [9.17, 15) is 15.0 Å². The highest BCUT2D eigenvalue weighted by Gasteiger charge is 2.24. The normalized spacial score (nSPS) is 14.5. The molecule has 0 aliphatic rings. The molecule has 2 unspecified atom stereocenters. The van der Waals surface area contributed by atoms with Crippen LogP contribution in [0, 0.1) is 6.92 Å². The van der Waals surface area contributed by atoms with E-state index in [2.05, 4.69) is 4.98 Å². The van der Waals surface area contributed by atoms with Crippen LogP contribution in [-0.4, -0.2) is 32.2 Å². The van der Waals surface area contributed by atoms with Crippen LogP contribution in [0.25, 0.3) is 10.9 Å². The molecule has 1 aromatic heterocycles. The van der Waals surface area contributed by atoms with Crippen molar-refractivity contribution >= 4 is 27.8 Å². The first-order valence-corrected chi connectivity index (χ1v) is 7.06. The molecular weight excluding hydrogens is 262 g/mol. The van der Waals surface area contributed by atoms with Crippen molar-refractivity contribution in [2.45, 2.75) is 26.1 Å². The number of nitrogens with one attached hydrogen (secondary N) is 1. The molecule has 0 radical (unpaired) electrons. The molecule has 0 aliphatic heterocycles. The summed E-state index contributed by atoms with van der Waals surface area (Å²) >= 11 is 1.02. The molecule has 3 N–H and O–H groups in total. The summed E-state index contributed by atoms with van der Waals surface area (Å²) < 4.78 is 0. The summed E-state index contributed by atoms with van der Waals surface area (Å²) in [6.07, 6.45) is -1.96. The molecule has 2 atom stereocenters. The summed E-state index contributed by atoms with van der Waals surface area (Å²) in [6.45, 7) is 3.31. The van der Waals surface area contributed by atoms with Crippen LogP contribution in [0.3, 0.4) is 0 Å². The van der Waals surface area contributed by atoms with E-state index < -0.39 is 12.2 Å². The highest BCUT2D eigenvalue weighted by atomic mass is 32.2. The zero-order valence-corrected chi connectivity index (χ0v) is 11.7. The Morgan fingerprint density at radius 2 is 2.05 bits per heavy atom. The molecule has 0 saturated carbocycles. The number of fused-ring (bicyclic) bond motifs is 1. The summed E-state index contributed by atoms with van der Waals surface area (Å²) in [6, 6.07) is 7.64. The molecule has 1 heterocycles. The quantitative estimate of drug-likeness (QED) is 0.802. The Bertz CT molecular complexity index is 593. The zero-order chi connectivity index (χ0) is 14.0. The number of aryl methyl sites for hydroxylation is 1. The monoisotopic (exact) mass is 279 g/mol. The molecule has 2 aromatic rings. The molecule has 0 saturated heterocycles. The van der Waals surface area contributed by atoms with Crippen molar-refractivity contribution in [3.8, 4) is 0 Å².